The third-order valence-corrected chi connectivity index (χ3v) is 2.54. The second-order valence-corrected chi connectivity index (χ2v) is 3.86. The van der Waals surface area contributed by atoms with Crippen LogP contribution < -0.4 is 5.32 Å². The Morgan fingerprint density at radius 3 is 2.50 bits per heavy atom. The number of pyridine rings is 1. The summed E-state index contributed by atoms with van der Waals surface area (Å²) < 4.78 is 0. The van der Waals surface area contributed by atoms with Crippen molar-refractivity contribution in [3.05, 3.63) is 72.6 Å². The van der Waals surface area contributed by atoms with Gasteiger partial charge >= 0.3 is 0 Å². The summed E-state index contributed by atoms with van der Waals surface area (Å²) in [7, 11) is 0. The average molecular weight is 238 g/mol. The second-order valence-electron chi connectivity index (χ2n) is 3.86. The molecule has 2 aromatic rings. The van der Waals surface area contributed by atoms with Gasteiger partial charge in [0.15, 0.2) is 0 Å². The first-order chi connectivity index (χ1) is 8.77. The van der Waals surface area contributed by atoms with E-state index in [4.69, 9.17) is 0 Å². The van der Waals surface area contributed by atoms with Crippen molar-refractivity contribution in [1.82, 2.24) is 10.3 Å². The molecule has 0 saturated carbocycles. The van der Waals surface area contributed by atoms with Crippen LogP contribution in [-0.2, 0) is 11.3 Å². The summed E-state index contributed by atoms with van der Waals surface area (Å²) in [5, 5.41) is 2.82. The van der Waals surface area contributed by atoms with Gasteiger partial charge in [0, 0.05) is 12.7 Å². The van der Waals surface area contributed by atoms with E-state index in [0.717, 1.165) is 5.56 Å². The molecule has 0 aliphatic heterocycles. The highest BCUT2D eigenvalue weighted by atomic mass is 16.1. The molecule has 1 aromatic heterocycles. The number of nitrogens with one attached hydrogen (secondary N) is 1. The van der Waals surface area contributed by atoms with Gasteiger partial charge in [0.1, 0.15) is 0 Å². The number of rotatable bonds is 4. The monoisotopic (exact) mass is 238 g/mol. The molecule has 0 aliphatic carbocycles. The third-order valence-electron chi connectivity index (χ3n) is 2.54. The van der Waals surface area contributed by atoms with E-state index < -0.39 is 0 Å². The Morgan fingerprint density at radius 2 is 1.83 bits per heavy atom. The minimum atomic E-state index is -0.197. The van der Waals surface area contributed by atoms with E-state index >= 15 is 0 Å². The van der Waals surface area contributed by atoms with Crippen LogP contribution in [0.4, 0.5) is 0 Å². The quantitative estimate of drug-likeness (QED) is 0.831. The van der Waals surface area contributed by atoms with Crippen molar-refractivity contribution in [3.8, 4) is 0 Å². The predicted molar refractivity (Wildman–Crippen MR) is 71.6 cm³/mol. The van der Waals surface area contributed by atoms with Crippen molar-refractivity contribution in [2.45, 2.75) is 6.54 Å². The molecule has 0 unspecified atom stereocenters. The summed E-state index contributed by atoms with van der Waals surface area (Å²) in [5.74, 6) is -0.197. The Bertz CT molecular complexity index is 535. The lowest BCUT2D eigenvalue weighted by atomic mass is 10.1. The SMILES string of the molecule is C=C(C(=O)NCc1ccccc1)c1ccccn1. The molecule has 18 heavy (non-hydrogen) atoms. The fourth-order valence-electron chi connectivity index (χ4n) is 1.54. The van der Waals surface area contributed by atoms with Crippen LogP contribution in [0.15, 0.2) is 61.3 Å². The Balaban J connectivity index is 1.95. The summed E-state index contributed by atoms with van der Waals surface area (Å²) in [6.45, 7) is 4.25. The molecule has 1 N–H and O–H groups in total. The lowest BCUT2D eigenvalue weighted by Crippen LogP contribution is -2.23. The van der Waals surface area contributed by atoms with Gasteiger partial charge in [0.25, 0.3) is 5.91 Å². The number of amides is 1. The molecule has 2 rings (SSSR count). The standard InChI is InChI=1S/C15H14N2O/c1-12(14-9-5-6-10-16-14)15(18)17-11-13-7-3-2-4-8-13/h2-10H,1,11H2,(H,17,18). The number of benzene rings is 1. The van der Waals surface area contributed by atoms with Gasteiger partial charge in [-0.3, -0.25) is 9.78 Å². The molecule has 3 heteroatoms. The van der Waals surface area contributed by atoms with Crippen LogP contribution in [0.25, 0.3) is 5.57 Å². The Hall–Kier alpha value is -2.42. The van der Waals surface area contributed by atoms with Crippen LogP contribution in [0.1, 0.15) is 11.3 Å². The minimum absolute atomic E-state index is 0.197. The van der Waals surface area contributed by atoms with Gasteiger partial charge in [-0.1, -0.05) is 43.0 Å². The summed E-state index contributed by atoms with van der Waals surface area (Å²) in [6, 6.07) is 15.1. The smallest absolute Gasteiger partial charge is 0.253 e. The van der Waals surface area contributed by atoms with Crippen molar-refractivity contribution in [2.24, 2.45) is 0 Å². The van der Waals surface area contributed by atoms with Crippen LogP contribution in [0.3, 0.4) is 0 Å². The third kappa shape index (κ3) is 3.04. The van der Waals surface area contributed by atoms with Crippen LogP contribution in [-0.4, -0.2) is 10.9 Å². The zero-order valence-corrected chi connectivity index (χ0v) is 9.97. The molecular weight excluding hydrogens is 224 g/mol. The van der Waals surface area contributed by atoms with E-state index in [1.165, 1.54) is 0 Å². The first-order valence-electron chi connectivity index (χ1n) is 5.70. The first-order valence-corrected chi connectivity index (χ1v) is 5.70. The minimum Gasteiger partial charge on any atom is -0.348 e. The van der Waals surface area contributed by atoms with Gasteiger partial charge in [0.05, 0.1) is 11.3 Å². The fraction of sp³-hybridized carbons (Fsp3) is 0.0667. The van der Waals surface area contributed by atoms with Gasteiger partial charge in [-0.15, -0.1) is 0 Å². The molecule has 0 aliphatic rings. The molecule has 0 atom stereocenters. The molecule has 90 valence electrons. The first kappa shape index (κ1) is 12.0. The van der Waals surface area contributed by atoms with Gasteiger partial charge in [-0.25, -0.2) is 0 Å². The van der Waals surface area contributed by atoms with Crippen LogP contribution in [0, 0.1) is 0 Å². The lowest BCUT2D eigenvalue weighted by molar-refractivity contribution is -0.115. The van der Waals surface area contributed by atoms with Gasteiger partial charge in [-0.05, 0) is 17.7 Å². The number of nitrogens with zero attached hydrogens (tertiary/aromatic N) is 1. The Labute approximate surface area is 106 Å². The number of carbonyl (C=O) groups is 1. The van der Waals surface area contributed by atoms with Crippen LogP contribution >= 0.6 is 0 Å². The molecule has 0 bridgehead atoms. The molecule has 1 aromatic carbocycles. The molecule has 3 nitrogen and oxygen atoms in total. The highest BCUT2D eigenvalue weighted by Gasteiger charge is 2.09. The maximum Gasteiger partial charge on any atom is 0.253 e. The predicted octanol–water partition coefficient (Wildman–Crippen LogP) is 2.41. The number of carbonyl (C=O) groups excluding carboxylic acids is 1. The van der Waals surface area contributed by atoms with Gasteiger partial charge in [0.2, 0.25) is 0 Å². The molecule has 0 fully saturated rings. The zero-order valence-electron chi connectivity index (χ0n) is 9.97. The van der Waals surface area contributed by atoms with Gasteiger partial charge in [-0.2, -0.15) is 0 Å². The van der Waals surface area contributed by atoms with Crippen molar-refractivity contribution in [2.75, 3.05) is 0 Å². The zero-order chi connectivity index (χ0) is 12.8. The maximum absolute atomic E-state index is 11.9. The highest BCUT2D eigenvalue weighted by Crippen LogP contribution is 2.08. The average Bonchev–Trinajstić information content (AvgIpc) is 2.46. The number of hydrogen-bond donors (Lipinski definition) is 1. The van der Waals surface area contributed by atoms with Crippen molar-refractivity contribution < 1.29 is 4.79 Å². The van der Waals surface area contributed by atoms with E-state index in [1.54, 1.807) is 18.3 Å². The summed E-state index contributed by atoms with van der Waals surface area (Å²) in [5.41, 5.74) is 2.04. The molecule has 0 saturated heterocycles. The van der Waals surface area contributed by atoms with Crippen molar-refractivity contribution in [1.29, 1.82) is 0 Å². The summed E-state index contributed by atoms with van der Waals surface area (Å²) in [6.07, 6.45) is 1.64. The number of aromatic nitrogens is 1. The summed E-state index contributed by atoms with van der Waals surface area (Å²) >= 11 is 0. The molecule has 0 radical (unpaired) electrons. The van der Waals surface area contributed by atoms with E-state index in [-0.39, 0.29) is 5.91 Å². The normalized spacial score (nSPS) is 9.78. The summed E-state index contributed by atoms with van der Waals surface area (Å²) in [4.78, 5) is 16.0. The fourth-order valence-corrected chi connectivity index (χ4v) is 1.54. The highest BCUT2D eigenvalue weighted by molar-refractivity contribution is 6.18. The molecule has 1 heterocycles. The van der Waals surface area contributed by atoms with Crippen LogP contribution in [0.5, 0.6) is 0 Å². The largest absolute Gasteiger partial charge is 0.348 e. The topological polar surface area (TPSA) is 42.0 Å². The van der Waals surface area contributed by atoms with E-state index in [9.17, 15) is 4.79 Å². The van der Waals surface area contributed by atoms with Crippen molar-refractivity contribution in [3.63, 3.8) is 0 Å². The maximum atomic E-state index is 11.9. The van der Waals surface area contributed by atoms with Crippen molar-refractivity contribution >= 4 is 11.5 Å². The molecule has 0 spiro atoms. The van der Waals surface area contributed by atoms with E-state index in [2.05, 4.69) is 16.9 Å². The Kier molecular flexibility index (Phi) is 3.86. The van der Waals surface area contributed by atoms with E-state index in [0.29, 0.717) is 17.8 Å². The lowest BCUT2D eigenvalue weighted by Gasteiger charge is -2.07. The van der Waals surface area contributed by atoms with E-state index in [1.807, 2.05) is 36.4 Å². The Morgan fingerprint density at radius 1 is 1.11 bits per heavy atom. The second kappa shape index (κ2) is 5.77. The van der Waals surface area contributed by atoms with Crippen LogP contribution in [0.2, 0.25) is 0 Å². The number of hydrogen-bond acceptors (Lipinski definition) is 2. The molecule has 1 amide bonds. The molecular formula is C15H14N2O. The van der Waals surface area contributed by atoms with Gasteiger partial charge < -0.3 is 5.32 Å².